The molecule has 0 fully saturated rings. The molecule has 140 valence electrons. The molecule has 1 heterocycles. The van der Waals surface area contributed by atoms with Crippen LogP contribution in [0.2, 0.25) is 0 Å². The van der Waals surface area contributed by atoms with Crippen molar-refractivity contribution >= 4 is 22.9 Å². The highest BCUT2D eigenvalue weighted by Crippen LogP contribution is 2.28. The Labute approximate surface area is 161 Å². The number of carbonyl (C=O) groups is 1. The lowest BCUT2D eigenvalue weighted by Gasteiger charge is -2.29. The van der Waals surface area contributed by atoms with Gasteiger partial charge < -0.3 is 4.90 Å². The molecule has 3 rings (SSSR count). The highest BCUT2D eigenvalue weighted by molar-refractivity contribution is 7.13. The molecule has 0 radical (unpaired) electrons. The lowest BCUT2D eigenvalue weighted by molar-refractivity contribution is -0.125. The molecule has 0 atom stereocenters. The second-order valence-electron chi connectivity index (χ2n) is 7.27. The molecule has 0 saturated heterocycles. The van der Waals surface area contributed by atoms with Gasteiger partial charge >= 0.3 is 0 Å². The van der Waals surface area contributed by atoms with Gasteiger partial charge in [0.1, 0.15) is 16.6 Å². The Kier molecular flexibility index (Phi) is 5.37. The van der Waals surface area contributed by atoms with Crippen molar-refractivity contribution in [1.29, 1.82) is 0 Å². The SMILES string of the molecule is CC(C)(C)C(=O)N(Cc1csc(-c2cccc(F)c2)n1)c1ccc(F)cc1. The molecule has 0 unspecified atom stereocenters. The first kappa shape index (κ1) is 19.2. The number of halogens is 2. The second kappa shape index (κ2) is 7.56. The Balaban J connectivity index is 1.90. The van der Waals surface area contributed by atoms with Gasteiger partial charge in [-0.2, -0.15) is 0 Å². The van der Waals surface area contributed by atoms with Crippen LogP contribution in [0.15, 0.2) is 53.9 Å². The van der Waals surface area contributed by atoms with Crippen LogP contribution in [0.25, 0.3) is 10.6 Å². The molecule has 1 aromatic heterocycles. The average molecular weight is 386 g/mol. The zero-order valence-electron chi connectivity index (χ0n) is 15.4. The van der Waals surface area contributed by atoms with E-state index in [9.17, 15) is 13.6 Å². The molecule has 0 saturated carbocycles. The zero-order chi connectivity index (χ0) is 19.6. The van der Waals surface area contributed by atoms with Gasteiger partial charge in [-0.25, -0.2) is 13.8 Å². The number of thiazole rings is 1. The lowest BCUT2D eigenvalue weighted by Crippen LogP contribution is -2.39. The quantitative estimate of drug-likeness (QED) is 0.579. The number of rotatable bonds is 4. The van der Waals surface area contributed by atoms with E-state index < -0.39 is 5.41 Å². The van der Waals surface area contributed by atoms with Gasteiger partial charge in [-0.1, -0.05) is 32.9 Å². The molecule has 0 spiro atoms. The molecule has 0 aliphatic carbocycles. The maximum Gasteiger partial charge on any atom is 0.232 e. The van der Waals surface area contributed by atoms with Gasteiger partial charge in [-0.3, -0.25) is 4.79 Å². The first-order chi connectivity index (χ1) is 12.7. The van der Waals surface area contributed by atoms with Gasteiger partial charge in [0.05, 0.1) is 12.2 Å². The second-order valence-corrected chi connectivity index (χ2v) is 8.13. The maximum atomic E-state index is 13.5. The maximum absolute atomic E-state index is 13.5. The topological polar surface area (TPSA) is 33.2 Å². The molecule has 3 nitrogen and oxygen atoms in total. The Morgan fingerprint density at radius 3 is 2.41 bits per heavy atom. The van der Waals surface area contributed by atoms with Gasteiger partial charge in [-0.15, -0.1) is 11.3 Å². The lowest BCUT2D eigenvalue weighted by atomic mass is 9.94. The van der Waals surface area contributed by atoms with Crippen LogP contribution in [0.1, 0.15) is 26.5 Å². The largest absolute Gasteiger partial charge is 0.306 e. The molecule has 1 amide bonds. The Bertz CT molecular complexity index is 945. The summed E-state index contributed by atoms with van der Waals surface area (Å²) in [6.07, 6.45) is 0. The van der Waals surface area contributed by atoms with E-state index in [0.717, 1.165) is 0 Å². The van der Waals surface area contributed by atoms with Crippen LogP contribution in [0, 0.1) is 17.0 Å². The number of hydrogen-bond donors (Lipinski definition) is 0. The summed E-state index contributed by atoms with van der Waals surface area (Å²) in [5.41, 5.74) is 1.40. The van der Waals surface area contributed by atoms with Gasteiger partial charge in [0.2, 0.25) is 5.91 Å². The third-order valence-electron chi connectivity index (χ3n) is 3.97. The number of amides is 1. The summed E-state index contributed by atoms with van der Waals surface area (Å²) < 4.78 is 26.7. The summed E-state index contributed by atoms with van der Waals surface area (Å²) >= 11 is 1.39. The number of nitrogens with zero attached hydrogens (tertiary/aromatic N) is 2. The Morgan fingerprint density at radius 1 is 1.07 bits per heavy atom. The van der Waals surface area contributed by atoms with Crippen molar-refractivity contribution in [3.63, 3.8) is 0 Å². The minimum Gasteiger partial charge on any atom is -0.306 e. The Morgan fingerprint density at radius 2 is 1.78 bits per heavy atom. The van der Waals surface area contributed by atoms with Crippen LogP contribution in [0.3, 0.4) is 0 Å². The van der Waals surface area contributed by atoms with Crippen LogP contribution in [-0.4, -0.2) is 10.9 Å². The molecule has 0 aliphatic heterocycles. The number of hydrogen-bond acceptors (Lipinski definition) is 3. The van der Waals surface area contributed by atoms with Crippen molar-refractivity contribution in [2.75, 3.05) is 4.90 Å². The minimum absolute atomic E-state index is 0.0885. The molecular formula is C21H20F2N2OS. The third kappa shape index (κ3) is 4.57. The normalized spacial score (nSPS) is 11.4. The van der Waals surface area contributed by atoms with E-state index in [1.807, 2.05) is 26.2 Å². The van der Waals surface area contributed by atoms with Crippen molar-refractivity contribution < 1.29 is 13.6 Å². The number of benzene rings is 2. The van der Waals surface area contributed by atoms with Crippen molar-refractivity contribution in [3.05, 3.63) is 71.2 Å². The summed E-state index contributed by atoms with van der Waals surface area (Å²) in [6, 6.07) is 12.1. The van der Waals surface area contributed by atoms with E-state index in [1.54, 1.807) is 29.2 Å². The van der Waals surface area contributed by atoms with Crippen LogP contribution >= 0.6 is 11.3 Å². The molecular weight excluding hydrogens is 366 g/mol. The van der Waals surface area contributed by atoms with Crippen LogP contribution in [0.4, 0.5) is 14.5 Å². The van der Waals surface area contributed by atoms with Gasteiger partial charge in [0.25, 0.3) is 0 Å². The molecule has 0 bridgehead atoms. The molecule has 6 heteroatoms. The smallest absolute Gasteiger partial charge is 0.232 e. The van der Waals surface area contributed by atoms with Crippen molar-refractivity contribution in [3.8, 4) is 10.6 Å². The van der Waals surface area contributed by atoms with Gasteiger partial charge in [0.15, 0.2) is 0 Å². The molecule has 3 aromatic rings. The summed E-state index contributed by atoms with van der Waals surface area (Å²) in [7, 11) is 0. The van der Waals surface area contributed by atoms with Gasteiger partial charge in [-0.05, 0) is 36.4 Å². The fourth-order valence-electron chi connectivity index (χ4n) is 2.60. The predicted molar refractivity (Wildman–Crippen MR) is 105 cm³/mol. The molecule has 2 aromatic carbocycles. The third-order valence-corrected chi connectivity index (χ3v) is 4.91. The van der Waals surface area contributed by atoms with E-state index in [0.29, 0.717) is 22.0 Å². The van der Waals surface area contributed by atoms with Crippen LogP contribution in [0.5, 0.6) is 0 Å². The first-order valence-corrected chi connectivity index (χ1v) is 9.40. The number of aromatic nitrogens is 1. The average Bonchev–Trinajstić information content (AvgIpc) is 3.08. The number of anilines is 1. The summed E-state index contributed by atoms with van der Waals surface area (Å²) in [6.45, 7) is 5.77. The minimum atomic E-state index is -0.601. The highest BCUT2D eigenvalue weighted by atomic mass is 32.1. The van der Waals surface area contributed by atoms with Gasteiger partial charge in [0, 0.05) is 22.0 Å². The van der Waals surface area contributed by atoms with Crippen molar-refractivity contribution in [2.24, 2.45) is 5.41 Å². The van der Waals surface area contributed by atoms with Crippen LogP contribution in [-0.2, 0) is 11.3 Å². The monoisotopic (exact) mass is 386 g/mol. The van der Waals surface area contributed by atoms with E-state index in [-0.39, 0.29) is 24.1 Å². The summed E-state index contributed by atoms with van der Waals surface area (Å²) in [4.78, 5) is 19.1. The van der Waals surface area contributed by atoms with E-state index in [4.69, 9.17) is 0 Å². The standard InChI is InChI=1S/C21H20F2N2OS/c1-21(2,3)20(26)25(18-9-7-15(22)8-10-18)12-17-13-27-19(24-17)14-5-4-6-16(23)11-14/h4-11,13H,12H2,1-3H3. The molecule has 27 heavy (non-hydrogen) atoms. The van der Waals surface area contributed by atoms with Crippen LogP contribution < -0.4 is 4.90 Å². The van der Waals surface area contributed by atoms with E-state index in [1.165, 1.54) is 35.6 Å². The van der Waals surface area contributed by atoms with Crippen molar-refractivity contribution in [1.82, 2.24) is 4.98 Å². The fourth-order valence-corrected chi connectivity index (χ4v) is 3.41. The highest BCUT2D eigenvalue weighted by Gasteiger charge is 2.29. The molecule has 0 aliphatic rings. The fraction of sp³-hybridized carbons (Fsp3) is 0.238. The molecule has 0 N–H and O–H groups in total. The summed E-state index contributed by atoms with van der Waals surface area (Å²) in [5, 5.41) is 2.54. The first-order valence-electron chi connectivity index (χ1n) is 8.52. The summed E-state index contributed by atoms with van der Waals surface area (Å²) in [5.74, 6) is -0.765. The predicted octanol–water partition coefficient (Wildman–Crippen LogP) is 5.67. The zero-order valence-corrected chi connectivity index (χ0v) is 16.2. The van der Waals surface area contributed by atoms with E-state index in [2.05, 4.69) is 4.98 Å². The van der Waals surface area contributed by atoms with Crippen molar-refractivity contribution in [2.45, 2.75) is 27.3 Å². The number of carbonyl (C=O) groups excluding carboxylic acids is 1. The van der Waals surface area contributed by atoms with E-state index >= 15 is 0 Å². The Hall–Kier alpha value is -2.60.